The van der Waals surface area contributed by atoms with Crippen LogP contribution in [0.15, 0.2) is 81.7 Å². The van der Waals surface area contributed by atoms with Crippen LogP contribution in [0.5, 0.6) is 17.2 Å². The number of carbonyl (C=O) groups is 1. The summed E-state index contributed by atoms with van der Waals surface area (Å²) in [6, 6.07) is 17.4. The predicted molar refractivity (Wildman–Crippen MR) is 181 cm³/mol. The molecule has 1 aliphatic rings. The monoisotopic (exact) mass is 680 g/mol. The number of nitrogens with zero attached hydrogens (tertiary/aromatic N) is 2. The first-order chi connectivity index (χ1) is 22.1. The fraction of sp³-hybridized carbons (Fsp3) is 0.286. The van der Waals surface area contributed by atoms with Crippen molar-refractivity contribution in [1.82, 2.24) is 4.57 Å². The third-order valence-corrected chi connectivity index (χ3v) is 8.76. The first kappa shape index (κ1) is 33.3. The lowest BCUT2D eigenvalue weighted by atomic mass is 9.95. The number of allylic oxidation sites excluding steroid dienone is 1. The Morgan fingerprint density at radius 3 is 2.48 bits per heavy atom. The third kappa shape index (κ3) is 7.17. The smallest absolute Gasteiger partial charge is 0.338 e. The molecule has 1 aromatic heterocycles. The molecule has 0 radical (unpaired) electrons. The van der Waals surface area contributed by atoms with Crippen LogP contribution in [0.4, 0.5) is 0 Å². The first-order valence-corrected chi connectivity index (χ1v) is 16.5. The van der Waals surface area contributed by atoms with Gasteiger partial charge in [0.2, 0.25) is 0 Å². The Kier molecular flexibility index (Phi) is 10.6. The Labute approximate surface area is 281 Å². The second-order valence-electron chi connectivity index (χ2n) is 10.7. The number of ether oxygens (including phenoxy) is 4. The van der Waals surface area contributed by atoms with Gasteiger partial charge in [-0.2, -0.15) is 0 Å². The quantitative estimate of drug-likeness (QED) is 0.161. The van der Waals surface area contributed by atoms with Crippen molar-refractivity contribution in [2.24, 2.45) is 4.99 Å². The molecule has 0 saturated heterocycles. The van der Waals surface area contributed by atoms with Gasteiger partial charge < -0.3 is 18.9 Å². The van der Waals surface area contributed by atoms with Crippen LogP contribution in [0.2, 0.25) is 10.0 Å². The van der Waals surface area contributed by atoms with Crippen LogP contribution in [0.25, 0.3) is 6.08 Å². The molecular formula is C35H34Cl2N2O6S. The SMILES string of the molecule is CCOC(=O)C1=C(C)N=c2s/c(=C/c3ccc(OCc4ccc(Cl)c(Cl)c4)c(OCC)c3)c(=O)n2[C@H]1c1ccccc1OC(C)C. The molecule has 0 spiro atoms. The van der Waals surface area contributed by atoms with Gasteiger partial charge in [-0.1, -0.05) is 64.9 Å². The van der Waals surface area contributed by atoms with E-state index in [4.69, 9.17) is 42.1 Å². The summed E-state index contributed by atoms with van der Waals surface area (Å²) < 4.78 is 25.5. The van der Waals surface area contributed by atoms with E-state index >= 15 is 0 Å². The zero-order valence-corrected chi connectivity index (χ0v) is 28.5. The average Bonchev–Trinajstić information content (AvgIpc) is 3.31. The molecule has 0 amide bonds. The largest absolute Gasteiger partial charge is 0.491 e. The number of carbonyl (C=O) groups excluding carboxylic acids is 1. The summed E-state index contributed by atoms with van der Waals surface area (Å²) in [5.41, 5.74) is 2.75. The molecule has 0 unspecified atom stereocenters. The number of thiazole rings is 1. The topological polar surface area (TPSA) is 88.4 Å². The summed E-state index contributed by atoms with van der Waals surface area (Å²) >= 11 is 13.4. The van der Waals surface area contributed by atoms with Crippen LogP contribution in [-0.4, -0.2) is 29.9 Å². The number of fused-ring (bicyclic) bond motifs is 1. The van der Waals surface area contributed by atoms with Gasteiger partial charge in [0.15, 0.2) is 16.3 Å². The van der Waals surface area contributed by atoms with Crippen molar-refractivity contribution in [1.29, 1.82) is 0 Å². The lowest BCUT2D eigenvalue weighted by molar-refractivity contribution is -0.139. The molecule has 0 N–H and O–H groups in total. The molecule has 240 valence electrons. The number of rotatable bonds is 11. The maximum absolute atomic E-state index is 14.1. The standard InChI is InChI=1S/C35H34Cl2N2O6S/c1-6-42-29-17-22(13-15-28(29)44-19-23-12-14-25(36)26(37)16-23)18-30-33(40)39-32(24-10-8-9-11-27(24)45-20(3)4)31(34(41)43-7-2)21(5)38-35(39)46-30/h8-18,20,32H,6-7,19H2,1-5H3/b30-18+/t32-/m0/s1. The van der Waals surface area contributed by atoms with Crippen LogP contribution in [0.1, 0.15) is 57.4 Å². The van der Waals surface area contributed by atoms with E-state index in [0.29, 0.717) is 60.1 Å². The molecule has 46 heavy (non-hydrogen) atoms. The van der Waals surface area contributed by atoms with Crippen LogP contribution in [-0.2, 0) is 16.1 Å². The van der Waals surface area contributed by atoms with Crippen molar-refractivity contribution in [2.75, 3.05) is 13.2 Å². The molecule has 0 fully saturated rings. The number of aromatic nitrogens is 1. The first-order valence-electron chi connectivity index (χ1n) is 14.9. The van der Waals surface area contributed by atoms with E-state index in [2.05, 4.69) is 4.99 Å². The Balaban J connectivity index is 1.57. The highest BCUT2D eigenvalue weighted by molar-refractivity contribution is 7.07. The van der Waals surface area contributed by atoms with E-state index in [0.717, 1.165) is 11.1 Å². The number of halogens is 2. The normalized spacial score (nSPS) is 14.6. The second kappa shape index (κ2) is 14.6. The van der Waals surface area contributed by atoms with E-state index in [1.54, 1.807) is 42.7 Å². The summed E-state index contributed by atoms with van der Waals surface area (Å²) in [6.07, 6.45) is 1.66. The highest BCUT2D eigenvalue weighted by Gasteiger charge is 2.35. The highest BCUT2D eigenvalue weighted by Crippen LogP contribution is 2.36. The van der Waals surface area contributed by atoms with Gasteiger partial charge in [-0.25, -0.2) is 9.79 Å². The molecular weight excluding hydrogens is 647 g/mol. The van der Waals surface area contributed by atoms with Gasteiger partial charge in [0.1, 0.15) is 18.4 Å². The van der Waals surface area contributed by atoms with Gasteiger partial charge in [-0.05, 0) is 82.2 Å². The molecule has 4 aromatic rings. The van der Waals surface area contributed by atoms with Crippen molar-refractivity contribution in [3.63, 3.8) is 0 Å². The van der Waals surface area contributed by atoms with Crippen molar-refractivity contribution >= 4 is 46.6 Å². The lowest BCUT2D eigenvalue weighted by Gasteiger charge is -2.26. The average molecular weight is 682 g/mol. The van der Waals surface area contributed by atoms with Crippen LogP contribution < -0.4 is 29.1 Å². The minimum atomic E-state index is -0.788. The van der Waals surface area contributed by atoms with Crippen LogP contribution in [0, 0.1) is 0 Å². The minimum absolute atomic E-state index is 0.122. The number of esters is 1. The molecule has 0 aliphatic carbocycles. The number of hydrogen-bond donors (Lipinski definition) is 0. The minimum Gasteiger partial charge on any atom is -0.491 e. The molecule has 5 rings (SSSR count). The Morgan fingerprint density at radius 2 is 1.76 bits per heavy atom. The van der Waals surface area contributed by atoms with Crippen LogP contribution in [0.3, 0.4) is 0 Å². The Hall–Kier alpha value is -4.05. The van der Waals surface area contributed by atoms with Crippen molar-refractivity contribution < 1.29 is 23.7 Å². The molecule has 8 nitrogen and oxygen atoms in total. The highest BCUT2D eigenvalue weighted by atomic mass is 35.5. The van der Waals surface area contributed by atoms with Gasteiger partial charge in [0, 0.05) is 5.56 Å². The van der Waals surface area contributed by atoms with Crippen molar-refractivity contribution in [3.8, 4) is 17.2 Å². The zero-order valence-electron chi connectivity index (χ0n) is 26.1. The van der Waals surface area contributed by atoms with E-state index in [-0.39, 0.29) is 24.9 Å². The third-order valence-electron chi connectivity index (χ3n) is 7.04. The summed E-state index contributed by atoms with van der Waals surface area (Å²) in [6.45, 7) is 10.1. The van der Waals surface area contributed by atoms with E-state index in [1.807, 2.05) is 63.2 Å². The fourth-order valence-electron chi connectivity index (χ4n) is 5.10. The van der Waals surface area contributed by atoms with Crippen molar-refractivity contribution in [3.05, 3.63) is 118 Å². The molecule has 1 aliphatic heterocycles. The number of hydrogen-bond acceptors (Lipinski definition) is 8. The maximum Gasteiger partial charge on any atom is 0.338 e. The maximum atomic E-state index is 14.1. The van der Waals surface area contributed by atoms with Gasteiger partial charge in [0.25, 0.3) is 5.56 Å². The molecule has 1 atom stereocenters. The molecule has 3 aromatic carbocycles. The fourth-order valence-corrected chi connectivity index (χ4v) is 6.46. The summed E-state index contributed by atoms with van der Waals surface area (Å²) in [4.78, 5) is 32.6. The number of para-hydroxylation sites is 1. The zero-order chi connectivity index (χ0) is 33.0. The van der Waals surface area contributed by atoms with E-state index in [9.17, 15) is 9.59 Å². The second-order valence-corrected chi connectivity index (χ2v) is 12.5. The predicted octanol–water partition coefficient (Wildman–Crippen LogP) is 6.87. The summed E-state index contributed by atoms with van der Waals surface area (Å²) in [7, 11) is 0. The summed E-state index contributed by atoms with van der Waals surface area (Å²) in [5.74, 6) is 1.12. The van der Waals surface area contributed by atoms with Gasteiger partial charge in [0.05, 0.1) is 45.2 Å². The number of benzene rings is 3. The van der Waals surface area contributed by atoms with Crippen molar-refractivity contribution in [2.45, 2.75) is 53.4 Å². The Bertz CT molecular complexity index is 1980. The van der Waals surface area contributed by atoms with Gasteiger partial charge in [-0.15, -0.1) is 0 Å². The van der Waals surface area contributed by atoms with E-state index in [1.165, 1.54) is 11.3 Å². The van der Waals surface area contributed by atoms with E-state index < -0.39 is 12.0 Å². The Morgan fingerprint density at radius 1 is 0.978 bits per heavy atom. The van der Waals surface area contributed by atoms with Gasteiger partial charge >= 0.3 is 5.97 Å². The molecule has 0 bridgehead atoms. The molecule has 11 heteroatoms. The van der Waals surface area contributed by atoms with Crippen LogP contribution >= 0.6 is 34.5 Å². The lowest BCUT2D eigenvalue weighted by Crippen LogP contribution is -2.40. The molecule has 2 heterocycles. The summed E-state index contributed by atoms with van der Waals surface area (Å²) in [5, 5.41) is 0.925. The van der Waals surface area contributed by atoms with Gasteiger partial charge in [-0.3, -0.25) is 9.36 Å². The molecule has 0 saturated carbocycles.